The molecule has 4 aromatic rings. The Kier molecular flexibility index (Phi) is 6.91. The summed E-state index contributed by atoms with van der Waals surface area (Å²) in [6.07, 6.45) is 7.91. The second-order valence-electron chi connectivity index (χ2n) is 9.74. The van der Waals surface area contributed by atoms with E-state index in [1.807, 2.05) is 18.5 Å². The minimum absolute atomic E-state index is 0.241. The molecule has 5 heterocycles. The predicted molar refractivity (Wildman–Crippen MR) is 143 cm³/mol. The lowest BCUT2D eigenvalue weighted by atomic mass is 9.96. The number of nitrogens with one attached hydrogen (secondary N) is 1. The average molecular weight is 489 g/mol. The molecule has 190 valence electrons. The summed E-state index contributed by atoms with van der Waals surface area (Å²) in [6, 6.07) is 6.94. The molecule has 5 rings (SSSR count). The van der Waals surface area contributed by atoms with E-state index in [9.17, 15) is 0 Å². The largest absolute Gasteiger partial charge is 0.493 e. The molecule has 9 heteroatoms. The van der Waals surface area contributed by atoms with E-state index in [1.54, 1.807) is 11.6 Å². The molecule has 36 heavy (non-hydrogen) atoms. The molecule has 1 aliphatic heterocycles. The molecule has 1 aliphatic rings. The van der Waals surface area contributed by atoms with Crippen molar-refractivity contribution in [2.24, 2.45) is 0 Å². The van der Waals surface area contributed by atoms with Crippen LogP contribution >= 0.6 is 0 Å². The van der Waals surface area contributed by atoms with Crippen molar-refractivity contribution in [3.8, 4) is 28.4 Å². The average Bonchev–Trinajstić information content (AvgIpc) is 3.57. The summed E-state index contributed by atoms with van der Waals surface area (Å²) < 4.78 is 7.30. The normalized spacial score (nSPS) is 14.9. The minimum Gasteiger partial charge on any atom is -0.493 e. The number of anilines is 1. The van der Waals surface area contributed by atoms with E-state index < -0.39 is 0 Å². The molecule has 0 bridgehead atoms. The quantitative estimate of drug-likeness (QED) is 0.387. The van der Waals surface area contributed by atoms with Crippen LogP contribution in [0.4, 0.5) is 5.69 Å². The summed E-state index contributed by atoms with van der Waals surface area (Å²) in [7, 11) is 1.65. The van der Waals surface area contributed by atoms with E-state index in [2.05, 4.69) is 64.8 Å². The lowest BCUT2D eigenvalue weighted by molar-refractivity contribution is 0.175. The van der Waals surface area contributed by atoms with Crippen LogP contribution in [0.3, 0.4) is 0 Å². The third-order valence-corrected chi connectivity index (χ3v) is 7.36. The summed E-state index contributed by atoms with van der Waals surface area (Å²) in [5.41, 5.74) is 6.61. The molecule has 0 unspecified atom stereocenters. The molecule has 0 atom stereocenters. The van der Waals surface area contributed by atoms with Gasteiger partial charge in [0.2, 0.25) is 0 Å². The van der Waals surface area contributed by atoms with E-state index in [4.69, 9.17) is 14.8 Å². The first-order chi connectivity index (χ1) is 17.5. The first-order valence-corrected chi connectivity index (χ1v) is 12.9. The number of H-pyrrole nitrogens is 1. The lowest BCUT2D eigenvalue weighted by Crippen LogP contribution is -2.50. The number of hydrogen-bond acceptors (Lipinski definition) is 7. The summed E-state index contributed by atoms with van der Waals surface area (Å²) in [5, 5.41) is 12.3. The number of fused-ring (bicyclic) bond motifs is 1. The van der Waals surface area contributed by atoms with Gasteiger partial charge < -0.3 is 9.64 Å². The highest BCUT2D eigenvalue weighted by molar-refractivity contribution is 5.75. The van der Waals surface area contributed by atoms with E-state index >= 15 is 0 Å². The zero-order valence-corrected chi connectivity index (χ0v) is 21.9. The smallest absolute Gasteiger partial charge is 0.197 e. The Labute approximate surface area is 212 Å². The third kappa shape index (κ3) is 4.43. The molecular formula is C27H36N8O. The number of rotatable bonds is 8. The van der Waals surface area contributed by atoms with Crippen LogP contribution in [0.5, 0.6) is 5.75 Å². The molecule has 1 N–H and O–H groups in total. The summed E-state index contributed by atoms with van der Waals surface area (Å²) in [5.74, 6) is 0.911. The maximum atomic E-state index is 5.57. The molecule has 4 aromatic heterocycles. The van der Waals surface area contributed by atoms with Crippen LogP contribution in [0.15, 0.2) is 36.9 Å². The summed E-state index contributed by atoms with van der Waals surface area (Å²) in [6.45, 7) is 13.2. The number of aromatic nitrogens is 6. The van der Waals surface area contributed by atoms with Gasteiger partial charge in [0.1, 0.15) is 12.0 Å². The standard InChI is InChI=1S/C27H36N8O/c1-6-20(7-2)33-10-12-34(13-11-33)21-8-9-22(28-15-21)26-24(18(3)4)25(31-32-26)19-14-23(36-5)27-29-17-30-35(27)16-19/h8-9,14-18,20H,6-7,10-13H2,1-5H3,(H,31,32). The van der Waals surface area contributed by atoms with Gasteiger partial charge in [0.05, 0.1) is 30.4 Å². The van der Waals surface area contributed by atoms with Crippen molar-refractivity contribution in [1.82, 2.24) is 34.7 Å². The molecule has 9 nitrogen and oxygen atoms in total. The fourth-order valence-corrected chi connectivity index (χ4v) is 5.37. The van der Waals surface area contributed by atoms with Gasteiger partial charge in [-0.25, -0.2) is 9.50 Å². The third-order valence-electron chi connectivity index (χ3n) is 7.36. The van der Waals surface area contributed by atoms with Crippen LogP contribution in [0.25, 0.3) is 28.3 Å². The second-order valence-corrected chi connectivity index (χ2v) is 9.74. The highest BCUT2D eigenvalue weighted by Gasteiger charge is 2.24. The second kappa shape index (κ2) is 10.3. The van der Waals surface area contributed by atoms with Gasteiger partial charge in [0.15, 0.2) is 11.4 Å². The van der Waals surface area contributed by atoms with Crippen LogP contribution in [-0.2, 0) is 0 Å². The molecule has 0 aromatic carbocycles. The monoisotopic (exact) mass is 488 g/mol. The SMILES string of the molecule is CCC(CC)N1CCN(c2ccc(-c3n[nH]c(-c4cc(OC)c5ncnn5c4)c3C(C)C)nc2)CC1. The Morgan fingerprint density at radius 3 is 2.47 bits per heavy atom. The van der Waals surface area contributed by atoms with Crippen LogP contribution < -0.4 is 9.64 Å². The van der Waals surface area contributed by atoms with Gasteiger partial charge >= 0.3 is 0 Å². The number of ether oxygens (including phenoxy) is 1. The van der Waals surface area contributed by atoms with Crippen LogP contribution in [-0.4, -0.2) is 74.0 Å². The van der Waals surface area contributed by atoms with Gasteiger partial charge in [0, 0.05) is 49.5 Å². The highest BCUT2D eigenvalue weighted by Crippen LogP contribution is 2.36. The molecule has 0 radical (unpaired) electrons. The molecule has 0 aliphatic carbocycles. The van der Waals surface area contributed by atoms with Gasteiger partial charge in [0.25, 0.3) is 0 Å². The maximum Gasteiger partial charge on any atom is 0.197 e. The van der Waals surface area contributed by atoms with Crippen molar-refractivity contribution in [2.75, 3.05) is 38.2 Å². The number of aromatic amines is 1. The lowest BCUT2D eigenvalue weighted by Gasteiger charge is -2.39. The Balaban J connectivity index is 1.40. The van der Waals surface area contributed by atoms with Gasteiger partial charge in [-0.3, -0.25) is 15.0 Å². The van der Waals surface area contributed by atoms with Crippen molar-refractivity contribution in [3.05, 3.63) is 42.5 Å². The van der Waals surface area contributed by atoms with E-state index in [0.29, 0.717) is 17.4 Å². The molecular weight excluding hydrogens is 452 g/mol. The molecule has 1 saturated heterocycles. The highest BCUT2D eigenvalue weighted by atomic mass is 16.5. The van der Waals surface area contributed by atoms with Crippen molar-refractivity contribution < 1.29 is 4.74 Å². The number of pyridine rings is 2. The Hall–Kier alpha value is -3.46. The number of piperazine rings is 1. The summed E-state index contributed by atoms with van der Waals surface area (Å²) in [4.78, 5) is 14.2. The van der Waals surface area contributed by atoms with Crippen LogP contribution in [0, 0.1) is 0 Å². The fourth-order valence-electron chi connectivity index (χ4n) is 5.37. The van der Waals surface area contributed by atoms with E-state index in [-0.39, 0.29) is 5.92 Å². The van der Waals surface area contributed by atoms with Crippen LogP contribution in [0.2, 0.25) is 0 Å². The Morgan fingerprint density at radius 2 is 1.83 bits per heavy atom. The predicted octanol–water partition coefficient (Wildman–Crippen LogP) is 4.62. The first kappa shape index (κ1) is 24.2. The Bertz CT molecular complexity index is 1300. The topological polar surface area (TPSA) is 87.5 Å². The fraction of sp³-hybridized carbons (Fsp3) is 0.481. The van der Waals surface area contributed by atoms with Crippen molar-refractivity contribution in [1.29, 1.82) is 0 Å². The Morgan fingerprint density at radius 1 is 1.06 bits per heavy atom. The zero-order valence-electron chi connectivity index (χ0n) is 21.9. The number of hydrogen-bond donors (Lipinski definition) is 1. The van der Waals surface area contributed by atoms with Crippen molar-refractivity contribution in [3.63, 3.8) is 0 Å². The van der Waals surface area contributed by atoms with E-state index in [1.165, 1.54) is 24.9 Å². The summed E-state index contributed by atoms with van der Waals surface area (Å²) >= 11 is 0. The maximum absolute atomic E-state index is 5.57. The molecule has 1 fully saturated rings. The van der Waals surface area contributed by atoms with Crippen LogP contribution in [0.1, 0.15) is 52.0 Å². The van der Waals surface area contributed by atoms with Gasteiger partial charge in [-0.2, -0.15) is 10.2 Å². The van der Waals surface area contributed by atoms with Crippen molar-refractivity contribution >= 4 is 11.3 Å². The van der Waals surface area contributed by atoms with Gasteiger partial charge in [-0.05, 0) is 37.0 Å². The zero-order chi connectivity index (χ0) is 25.2. The van der Waals surface area contributed by atoms with Gasteiger partial charge in [-0.1, -0.05) is 27.7 Å². The van der Waals surface area contributed by atoms with Gasteiger partial charge in [-0.15, -0.1) is 0 Å². The number of nitrogens with zero attached hydrogens (tertiary/aromatic N) is 7. The first-order valence-electron chi connectivity index (χ1n) is 12.9. The molecule has 0 spiro atoms. The van der Waals surface area contributed by atoms with Crippen molar-refractivity contribution in [2.45, 2.75) is 52.5 Å². The molecule has 0 saturated carbocycles. The molecule has 0 amide bonds. The number of methoxy groups -OCH3 is 1. The minimum atomic E-state index is 0.241. The van der Waals surface area contributed by atoms with E-state index in [0.717, 1.165) is 54.4 Å².